The molecule has 2 aromatic heterocycles. The van der Waals surface area contributed by atoms with Crippen LogP contribution in [0.4, 0.5) is 20.7 Å². The molecule has 6 heteroatoms. The molecule has 3 heterocycles. The molecule has 2 amide bonds. The number of amides is 2. The molecule has 1 unspecified atom stereocenters. The molecule has 0 saturated heterocycles. The summed E-state index contributed by atoms with van der Waals surface area (Å²) in [5.41, 5.74) is 2.94. The number of carbonyl (C=O) groups is 1. The zero-order valence-corrected chi connectivity index (χ0v) is 14.6. The molecule has 1 aliphatic heterocycles. The maximum atomic E-state index is 13.2. The molecule has 1 N–H and O–H groups in total. The Hall–Kier alpha value is -2.34. The fourth-order valence-corrected chi connectivity index (χ4v) is 3.01. The molecule has 24 heavy (non-hydrogen) atoms. The van der Waals surface area contributed by atoms with E-state index in [0.29, 0.717) is 23.8 Å². The second kappa shape index (κ2) is 5.63. The van der Waals surface area contributed by atoms with Gasteiger partial charge < -0.3 is 0 Å². The van der Waals surface area contributed by atoms with Crippen LogP contribution in [0, 0.1) is 18.3 Å². The van der Waals surface area contributed by atoms with E-state index in [0.717, 1.165) is 16.2 Å². The third kappa shape index (κ3) is 2.89. The van der Waals surface area contributed by atoms with Gasteiger partial charge in [-0.05, 0) is 25.1 Å². The lowest BCUT2D eigenvalue weighted by molar-refractivity contribution is -0.745. The average Bonchev–Trinajstić information content (AvgIpc) is 2.71. The first-order chi connectivity index (χ1) is 11.2. The van der Waals surface area contributed by atoms with Crippen molar-refractivity contribution in [2.75, 3.05) is 18.5 Å². The number of aryl methyl sites for hydroxylation is 1. The fourth-order valence-electron chi connectivity index (χ4n) is 3.01. The number of fused-ring (bicyclic) bond motifs is 1. The van der Waals surface area contributed by atoms with Gasteiger partial charge in [-0.2, -0.15) is 4.39 Å². The lowest BCUT2D eigenvalue weighted by Crippen LogP contribution is -3.10. The Morgan fingerprint density at radius 2 is 1.88 bits per heavy atom. The van der Waals surface area contributed by atoms with E-state index < -0.39 is 5.95 Å². The molecular formula is C18H22FN4O+. The zero-order chi connectivity index (χ0) is 17.6. The van der Waals surface area contributed by atoms with Crippen LogP contribution in [0.15, 0.2) is 24.3 Å². The monoisotopic (exact) mass is 329 g/mol. The second-order valence-electron chi connectivity index (χ2n) is 7.41. The molecule has 0 bridgehead atoms. The lowest BCUT2D eigenvalue weighted by atomic mass is 9.96. The van der Waals surface area contributed by atoms with E-state index in [-0.39, 0.29) is 11.4 Å². The minimum atomic E-state index is -0.509. The van der Waals surface area contributed by atoms with Crippen molar-refractivity contribution in [1.82, 2.24) is 9.97 Å². The summed E-state index contributed by atoms with van der Waals surface area (Å²) in [5, 5.41) is 0. The van der Waals surface area contributed by atoms with Gasteiger partial charge >= 0.3 is 6.03 Å². The summed E-state index contributed by atoms with van der Waals surface area (Å²) in [6, 6.07) is 6.80. The molecule has 2 aromatic rings. The molecule has 0 radical (unpaired) electrons. The van der Waals surface area contributed by atoms with Crippen LogP contribution in [-0.4, -0.2) is 29.6 Å². The van der Waals surface area contributed by atoms with Crippen molar-refractivity contribution in [2.45, 2.75) is 27.7 Å². The standard InChI is InChI=1S/C18H21FN4O/c1-11-12(6-9-15(19)20-11)13-7-8-14-16(21-13)22(5)17(24)23(14)10-18(2,3)4/h6-9H,10H2,1-5H3/p+1. The van der Waals surface area contributed by atoms with Crippen molar-refractivity contribution in [2.24, 2.45) is 5.41 Å². The maximum absolute atomic E-state index is 13.2. The summed E-state index contributed by atoms with van der Waals surface area (Å²) in [6.45, 7) is 8.78. The van der Waals surface area contributed by atoms with Gasteiger partial charge in [0, 0.05) is 29.8 Å². The van der Waals surface area contributed by atoms with Crippen molar-refractivity contribution in [3.63, 3.8) is 0 Å². The quantitative estimate of drug-likeness (QED) is 0.862. The van der Waals surface area contributed by atoms with Crippen molar-refractivity contribution in [3.05, 3.63) is 35.9 Å². The van der Waals surface area contributed by atoms with E-state index in [1.165, 1.54) is 6.07 Å². The highest BCUT2D eigenvalue weighted by Crippen LogP contribution is 2.30. The molecule has 0 fully saturated rings. The normalized spacial score (nSPS) is 17.3. The van der Waals surface area contributed by atoms with Gasteiger partial charge in [-0.25, -0.2) is 24.6 Å². The summed E-state index contributed by atoms with van der Waals surface area (Å²) >= 11 is 0. The van der Waals surface area contributed by atoms with Gasteiger partial charge in [0.05, 0.1) is 12.2 Å². The molecular weight excluding hydrogens is 307 g/mol. The first-order valence-electron chi connectivity index (χ1n) is 7.96. The minimum absolute atomic E-state index is 0.00136. The van der Waals surface area contributed by atoms with Crippen LogP contribution in [0.1, 0.15) is 26.5 Å². The zero-order valence-electron chi connectivity index (χ0n) is 14.6. The number of rotatable bonds is 2. The van der Waals surface area contributed by atoms with Crippen LogP contribution >= 0.6 is 0 Å². The number of halogens is 1. The number of hydrogen-bond donors (Lipinski definition) is 1. The maximum Gasteiger partial charge on any atom is 0.428 e. The molecule has 0 saturated carbocycles. The number of nitrogens with zero attached hydrogens (tertiary/aromatic N) is 3. The van der Waals surface area contributed by atoms with E-state index in [1.54, 1.807) is 24.9 Å². The van der Waals surface area contributed by atoms with Gasteiger partial charge in [-0.1, -0.05) is 20.8 Å². The summed E-state index contributed by atoms with van der Waals surface area (Å²) in [7, 11) is 1.74. The Morgan fingerprint density at radius 1 is 1.17 bits per heavy atom. The van der Waals surface area contributed by atoms with Gasteiger partial charge in [0.2, 0.25) is 11.8 Å². The predicted octanol–water partition coefficient (Wildman–Crippen LogP) is 2.72. The fraction of sp³-hybridized carbons (Fsp3) is 0.389. The number of carbonyl (C=O) groups excluding carboxylic acids is 1. The summed E-state index contributed by atoms with van der Waals surface area (Å²) < 4.78 is 13.2. The molecule has 1 aliphatic rings. The molecule has 0 aliphatic carbocycles. The predicted molar refractivity (Wildman–Crippen MR) is 90.9 cm³/mol. The highest BCUT2D eigenvalue weighted by atomic mass is 19.1. The van der Waals surface area contributed by atoms with E-state index in [9.17, 15) is 9.18 Å². The van der Waals surface area contributed by atoms with Gasteiger partial charge in [0.1, 0.15) is 0 Å². The number of nitrogens with one attached hydrogen (secondary N) is 1. The van der Waals surface area contributed by atoms with E-state index in [2.05, 4.69) is 30.7 Å². The first kappa shape index (κ1) is 16.5. The van der Waals surface area contributed by atoms with E-state index in [4.69, 9.17) is 0 Å². The van der Waals surface area contributed by atoms with E-state index >= 15 is 0 Å². The smallest absolute Gasteiger partial charge is 0.243 e. The van der Waals surface area contributed by atoms with Gasteiger partial charge in [-0.15, -0.1) is 0 Å². The van der Waals surface area contributed by atoms with Crippen molar-refractivity contribution >= 4 is 17.5 Å². The second-order valence-corrected chi connectivity index (χ2v) is 7.41. The molecule has 126 valence electrons. The van der Waals surface area contributed by atoms with Crippen LogP contribution < -0.4 is 9.80 Å². The first-order valence-corrected chi connectivity index (χ1v) is 7.96. The van der Waals surface area contributed by atoms with Crippen molar-refractivity contribution in [1.29, 1.82) is 0 Å². The Bertz CT molecular complexity index is 813. The van der Waals surface area contributed by atoms with Crippen molar-refractivity contribution in [3.8, 4) is 11.3 Å². The Balaban J connectivity index is 2.04. The number of quaternary nitrogens is 1. The van der Waals surface area contributed by atoms with Gasteiger partial charge in [-0.3, -0.25) is 0 Å². The summed E-state index contributed by atoms with van der Waals surface area (Å²) in [5.74, 6) is 0.144. The number of aromatic nitrogens is 2. The summed E-state index contributed by atoms with van der Waals surface area (Å²) in [4.78, 5) is 23.5. The van der Waals surface area contributed by atoms with Gasteiger partial charge in [0.25, 0.3) is 0 Å². The van der Waals surface area contributed by atoms with Gasteiger partial charge in [0.15, 0.2) is 5.69 Å². The topological polar surface area (TPSA) is 50.5 Å². The van der Waals surface area contributed by atoms with Crippen molar-refractivity contribution < 1.29 is 14.1 Å². The molecule has 1 atom stereocenters. The Kier molecular flexibility index (Phi) is 3.87. The molecule has 0 aromatic carbocycles. The van der Waals surface area contributed by atoms with Crippen LogP contribution in [0.3, 0.4) is 0 Å². The number of hydrogen-bond acceptors (Lipinski definition) is 3. The third-order valence-electron chi connectivity index (χ3n) is 4.12. The number of anilines is 1. The SMILES string of the molecule is Cc1nc(F)ccc1-c1ccc2c(n1)N(C)C(=O)[NH+]2CC(C)(C)C. The Labute approximate surface area is 141 Å². The Morgan fingerprint density at radius 3 is 2.50 bits per heavy atom. The number of urea groups is 1. The molecule has 3 rings (SSSR count). The highest BCUT2D eigenvalue weighted by Gasteiger charge is 2.41. The van der Waals surface area contributed by atoms with E-state index in [1.807, 2.05) is 12.1 Å². The highest BCUT2D eigenvalue weighted by molar-refractivity contribution is 5.94. The van der Waals surface area contributed by atoms with Crippen LogP contribution in [0.25, 0.3) is 11.3 Å². The largest absolute Gasteiger partial charge is 0.428 e. The van der Waals surface area contributed by atoms with Crippen LogP contribution in [0.2, 0.25) is 0 Å². The lowest BCUT2D eigenvalue weighted by Gasteiger charge is -2.21. The molecule has 0 spiro atoms. The third-order valence-corrected chi connectivity index (χ3v) is 4.12. The van der Waals surface area contributed by atoms with Crippen LogP contribution in [0.5, 0.6) is 0 Å². The average molecular weight is 329 g/mol. The minimum Gasteiger partial charge on any atom is -0.243 e. The van der Waals surface area contributed by atoms with Crippen LogP contribution in [-0.2, 0) is 0 Å². The summed E-state index contributed by atoms with van der Waals surface area (Å²) in [6.07, 6.45) is 0. The molecule has 5 nitrogen and oxygen atoms in total. The number of pyridine rings is 2.